The number of hydrogen-bond acceptors (Lipinski definition) is 2. The lowest BCUT2D eigenvalue weighted by Crippen LogP contribution is -2.15. The number of hydrogen-bond donors (Lipinski definition) is 1. The molecule has 3 heteroatoms. The van der Waals surface area contributed by atoms with Gasteiger partial charge in [0.05, 0.1) is 6.61 Å². The van der Waals surface area contributed by atoms with E-state index in [4.69, 9.17) is 4.74 Å². The van der Waals surface area contributed by atoms with Crippen molar-refractivity contribution in [2.24, 2.45) is 5.92 Å². The van der Waals surface area contributed by atoms with Crippen molar-refractivity contribution in [2.75, 3.05) is 19.7 Å². The molecule has 1 aliphatic rings. The Morgan fingerprint density at radius 2 is 2.06 bits per heavy atom. The molecule has 0 aliphatic carbocycles. The summed E-state index contributed by atoms with van der Waals surface area (Å²) >= 11 is 0. The first-order valence-electron chi connectivity index (χ1n) is 6.19. The topological polar surface area (TPSA) is 21.3 Å². The van der Waals surface area contributed by atoms with Gasteiger partial charge in [-0.25, -0.2) is 4.39 Å². The SMILES string of the molecule is CC(C)(F)c1ccc(OCC2CCNC2)cc1. The lowest BCUT2D eigenvalue weighted by atomic mass is 10.0. The lowest BCUT2D eigenvalue weighted by molar-refractivity contribution is 0.220. The molecular formula is C14H20FNO. The van der Waals surface area contributed by atoms with Crippen LogP contribution in [0.4, 0.5) is 4.39 Å². The fourth-order valence-electron chi connectivity index (χ4n) is 2.02. The minimum absolute atomic E-state index is 0.604. The highest BCUT2D eigenvalue weighted by atomic mass is 19.1. The van der Waals surface area contributed by atoms with Gasteiger partial charge in [-0.3, -0.25) is 0 Å². The van der Waals surface area contributed by atoms with Crippen molar-refractivity contribution in [1.82, 2.24) is 5.32 Å². The van der Waals surface area contributed by atoms with Crippen molar-refractivity contribution < 1.29 is 9.13 Å². The van der Waals surface area contributed by atoms with Gasteiger partial charge >= 0.3 is 0 Å². The molecule has 0 saturated carbocycles. The maximum Gasteiger partial charge on any atom is 0.130 e. The molecule has 2 rings (SSSR count). The van der Waals surface area contributed by atoms with E-state index in [0.717, 1.165) is 25.4 Å². The standard InChI is InChI=1S/C14H20FNO/c1-14(2,15)12-3-5-13(6-4-12)17-10-11-7-8-16-9-11/h3-6,11,16H,7-10H2,1-2H3. The van der Waals surface area contributed by atoms with Crippen molar-refractivity contribution in [1.29, 1.82) is 0 Å². The maximum atomic E-state index is 13.6. The first-order chi connectivity index (χ1) is 8.05. The second-order valence-corrected chi connectivity index (χ2v) is 5.17. The molecule has 0 aromatic heterocycles. The van der Waals surface area contributed by atoms with Crippen molar-refractivity contribution in [3.63, 3.8) is 0 Å². The number of nitrogens with one attached hydrogen (secondary N) is 1. The van der Waals surface area contributed by atoms with Crippen molar-refractivity contribution in [3.05, 3.63) is 29.8 Å². The number of ether oxygens (including phenoxy) is 1. The van der Waals surface area contributed by atoms with Crippen LogP contribution in [0, 0.1) is 5.92 Å². The first-order valence-corrected chi connectivity index (χ1v) is 6.19. The highest BCUT2D eigenvalue weighted by molar-refractivity contribution is 5.30. The summed E-state index contributed by atoms with van der Waals surface area (Å²) in [6.45, 7) is 5.99. The van der Waals surface area contributed by atoms with Crippen LogP contribution in [0.1, 0.15) is 25.8 Å². The Labute approximate surface area is 102 Å². The van der Waals surface area contributed by atoms with Gasteiger partial charge in [0.25, 0.3) is 0 Å². The molecule has 0 spiro atoms. The van der Waals surface area contributed by atoms with Gasteiger partial charge in [-0.2, -0.15) is 0 Å². The molecular weight excluding hydrogens is 217 g/mol. The second kappa shape index (κ2) is 5.05. The fraction of sp³-hybridized carbons (Fsp3) is 0.571. The predicted octanol–water partition coefficient (Wildman–Crippen LogP) is 2.88. The zero-order chi connectivity index (χ0) is 12.3. The molecule has 1 heterocycles. The Kier molecular flexibility index (Phi) is 3.67. The highest BCUT2D eigenvalue weighted by Gasteiger charge is 2.18. The van der Waals surface area contributed by atoms with Crippen LogP contribution in [0.25, 0.3) is 0 Å². The molecule has 1 aromatic rings. The molecule has 0 amide bonds. The lowest BCUT2D eigenvalue weighted by Gasteiger charge is -2.16. The van der Waals surface area contributed by atoms with E-state index in [9.17, 15) is 4.39 Å². The fourth-order valence-corrected chi connectivity index (χ4v) is 2.02. The molecule has 1 N–H and O–H groups in total. The third-order valence-electron chi connectivity index (χ3n) is 3.19. The van der Waals surface area contributed by atoms with Crippen molar-refractivity contribution >= 4 is 0 Å². The number of rotatable bonds is 4. The largest absolute Gasteiger partial charge is 0.493 e. The summed E-state index contributed by atoms with van der Waals surface area (Å²) in [5, 5.41) is 3.31. The summed E-state index contributed by atoms with van der Waals surface area (Å²) in [7, 11) is 0. The third-order valence-corrected chi connectivity index (χ3v) is 3.19. The van der Waals surface area contributed by atoms with E-state index in [2.05, 4.69) is 5.32 Å². The molecule has 1 saturated heterocycles. The minimum Gasteiger partial charge on any atom is -0.493 e. The van der Waals surface area contributed by atoms with Crippen LogP contribution in [0.3, 0.4) is 0 Å². The van der Waals surface area contributed by atoms with E-state index < -0.39 is 5.67 Å². The van der Waals surface area contributed by atoms with Gasteiger partial charge in [0.1, 0.15) is 11.4 Å². The van der Waals surface area contributed by atoms with Gasteiger partial charge in [0, 0.05) is 12.5 Å². The zero-order valence-corrected chi connectivity index (χ0v) is 10.5. The van der Waals surface area contributed by atoms with Crippen LogP contribution in [-0.4, -0.2) is 19.7 Å². The van der Waals surface area contributed by atoms with Gasteiger partial charge in [0.15, 0.2) is 0 Å². The molecule has 1 unspecified atom stereocenters. The van der Waals surface area contributed by atoms with Gasteiger partial charge in [0.2, 0.25) is 0 Å². The first kappa shape index (κ1) is 12.4. The summed E-state index contributed by atoms with van der Waals surface area (Å²) < 4.78 is 19.3. The molecule has 1 atom stereocenters. The van der Waals surface area contributed by atoms with Crippen LogP contribution in [-0.2, 0) is 5.67 Å². The Balaban J connectivity index is 1.89. The molecule has 1 aliphatic heterocycles. The van der Waals surface area contributed by atoms with Crippen molar-refractivity contribution in [2.45, 2.75) is 25.9 Å². The minimum atomic E-state index is -1.28. The zero-order valence-electron chi connectivity index (χ0n) is 10.5. The molecule has 2 nitrogen and oxygen atoms in total. The molecule has 1 aromatic carbocycles. The third kappa shape index (κ3) is 3.43. The Morgan fingerprint density at radius 1 is 1.35 bits per heavy atom. The summed E-state index contributed by atoms with van der Waals surface area (Å²) in [5.74, 6) is 1.43. The summed E-state index contributed by atoms with van der Waals surface area (Å²) in [6.07, 6.45) is 1.18. The van der Waals surface area contributed by atoms with E-state index in [-0.39, 0.29) is 0 Å². The summed E-state index contributed by atoms with van der Waals surface area (Å²) in [5.41, 5.74) is -0.596. The van der Waals surface area contributed by atoms with Gasteiger partial charge < -0.3 is 10.1 Å². The Morgan fingerprint density at radius 3 is 2.59 bits per heavy atom. The van der Waals surface area contributed by atoms with Crippen LogP contribution < -0.4 is 10.1 Å². The van der Waals surface area contributed by atoms with Crippen LogP contribution in [0.2, 0.25) is 0 Å². The maximum absolute atomic E-state index is 13.6. The summed E-state index contributed by atoms with van der Waals surface area (Å²) in [6, 6.07) is 7.28. The molecule has 1 fully saturated rings. The van der Waals surface area contributed by atoms with Gasteiger partial charge in [-0.05, 0) is 44.5 Å². The molecule has 0 radical (unpaired) electrons. The molecule has 94 valence electrons. The molecule has 0 bridgehead atoms. The predicted molar refractivity (Wildman–Crippen MR) is 67.0 cm³/mol. The normalized spacial score (nSPS) is 20.5. The van der Waals surface area contributed by atoms with E-state index in [0.29, 0.717) is 11.5 Å². The van der Waals surface area contributed by atoms with Crippen molar-refractivity contribution in [3.8, 4) is 5.75 Å². The second-order valence-electron chi connectivity index (χ2n) is 5.17. The van der Waals surface area contributed by atoms with E-state index in [1.165, 1.54) is 6.42 Å². The Bertz CT molecular complexity index is 349. The number of halogens is 1. The quantitative estimate of drug-likeness (QED) is 0.869. The van der Waals surface area contributed by atoms with Gasteiger partial charge in [-0.15, -0.1) is 0 Å². The average Bonchev–Trinajstić information content (AvgIpc) is 2.78. The van der Waals surface area contributed by atoms with Gasteiger partial charge in [-0.1, -0.05) is 12.1 Å². The number of alkyl halides is 1. The molecule has 17 heavy (non-hydrogen) atoms. The van der Waals surface area contributed by atoms with Crippen LogP contribution >= 0.6 is 0 Å². The van der Waals surface area contributed by atoms with E-state index in [1.807, 2.05) is 12.1 Å². The van der Waals surface area contributed by atoms with E-state index in [1.54, 1.807) is 26.0 Å². The monoisotopic (exact) mass is 237 g/mol. The Hall–Kier alpha value is -1.09. The average molecular weight is 237 g/mol. The highest BCUT2D eigenvalue weighted by Crippen LogP contribution is 2.26. The van der Waals surface area contributed by atoms with Crippen LogP contribution in [0.15, 0.2) is 24.3 Å². The summed E-state index contributed by atoms with van der Waals surface area (Å²) in [4.78, 5) is 0. The van der Waals surface area contributed by atoms with Crippen LogP contribution in [0.5, 0.6) is 5.75 Å². The van der Waals surface area contributed by atoms with E-state index >= 15 is 0 Å². The number of benzene rings is 1. The smallest absolute Gasteiger partial charge is 0.130 e.